The minimum absolute atomic E-state index is 0.230. The summed E-state index contributed by atoms with van der Waals surface area (Å²) in [7, 11) is 0. The van der Waals surface area contributed by atoms with Gasteiger partial charge in [-0.3, -0.25) is 0 Å². The SMILES string of the molecule is CC(C)C(N)C(O)c1cscn1. The van der Waals surface area contributed by atoms with Gasteiger partial charge in [-0.15, -0.1) is 11.3 Å². The van der Waals surface area contributed by atoms with Crippen LogP contribution in [0.25, 0.3) is 0 Å². The average molecular weight is 186 g/mol. The van der Waals surface area contributed by atoms with Crippen LogP contribution in [0.5, 0.6) is 0 Å². The minimum Gasteiger partial charge on any atom is -0.385 e. The van der Waals surface area contributed by atoms with Gasteiger partial charge in [0.1, 0.15) is 6.10 Å². The molecule has 1 aromatic heterocycles. The Kier molecular flexibility index (Phi) is 3.20. The number of aromatic nitrogens is 1. The lowest BCUT2D eigenvalue weighted by molar-refractivity contribution is 0.122. The molecule has 0 saturated carbocycles. The summed E-state index contributed by atoms with van der Waals surface area (Å²) in [6.45, 7) is 3.97. The van der Waals surface area contributed by atoms with Crippen molar-refractivity contribution in [3.8, 4) is 0 Å². The van der Waals surface area contributed by atoms with Crippen LogP contribution < -0.4 is 5.73 Å². The summed E-state index contributed by atoms with van der Waals surface area (Å²) in [6.07, 6.45) is -0.628. The van der Waals surface area contributed by atoms with Crippen LogP contribution in [0.4, 0.5) is 0 Å². The van der Waals surface area contributed by atoms with E-state index in [9.17, 15) is 5.11 Å². The summed E-state index contributed by atoms with van der Waals surface area (Å²) in [6, 6.07) is -0.230. The standard InChI is InChI=1S/C8H14N2OS/c1-5(2)7(9)8(11)6-3-12-4-10-6/h3-5,7-8,11H,9H2,1-2H3. The highest BCUT2D eigenvalue weighted by molar-refractivity contribution is 7.07. The van der Waals surface area contributed by atoms with Crippen molar-refractivity contribution in [2.45, 2.75) is 26.0 Å². The van der Waals surface area contributed by atoms with Gasteiger partial charge < -0.3 is 10.8 Å². The predicted molar refractivity (Wildman–Crippen MR) is 49.9 cm³/mol. The number of hydrogen-bond acceptors (Lipinski definition) is 4. The highest BCUT2D eigenvalue weighted by Crippen LogP contribution is 2.19. The first-order chi connectivity index (χ1) is 5.63. The molecule has 0 aromatic carbocycles. The number of aliphatic hydroxyl groups is 1. The summed E-state index contributed by atoms with van der Waals surface area (Å²) >= 11 is 1.47. The fraction of sp³-hybridized carbons (Fsp3) is 0.625. The third-order valence-electron chi connectivity index (χ3n) is 1.89. The Morgan fingerprint density at radius 1 is 1.58 bits per heavy atom. The molecule has 1 aromatic rings. The van der Waals surface area contributed by atoms with Crippen molar-refractivity contribution < 1.29 is 5.11 Å². The normalized spacial score (nSPS) is 16.4. The molecule has 4 heteroatoms. The molecule has 12 heavy (non-hydrogen) atoms. The lowest BCUT2D eigenvalue weighted by Crippen LogP contribution is -2.33. The largest absolute Gasteiger partial charge is 0.385 e. The van der Waals surface area contributed by atoms with Gasteiger partial charge in [0.2, 0.25) is 0 Å². The fourth-order valence-corrected chi connectivity index (χ4v) is 1.51. The summed E-state index contributed by atoms with van der Waals surface area (Å²) in [5.74, 6) is 0.265. The highest BCUT2D eigenvalue weighted by atomic mass is 32.1. The van der Waals surface area contributed by atoms with Crippen LogP contribution in [0.15, 0.2) is 10.9 Å². The van der Waals surface area contributed by atoms with Gasteiger partial charge in [0.05, 0.1) is 11.2 Å². The van der Waals surface area contributed by atoms with Gasteiger partial charge in [0.25, 0.3) is 0 Å². The number of aliphatic hydroxyl groups excluding tert-OH is 1. The van der Waals surface area contributed by atoms with E-state index in [1.807, 2.05) is 19.2 Å². The first kappa shape index (κ1) is 9.64. The lowest BCUT2D eigenvalue weighted by atomic mass is 9.98. The number of nitrogens with two attached hydrogens (primary N) is 1. The molecule has 0 aliphatic heterocycles. The lowest BCUT2D eigenvalue weighted by Gasteiger charge is -2.20. The molecular formula is C8H14N2OS. The molecule has 2 unspecified atom stereocenters. The van der Waals surface area contributed by atoms with E-state index in [1.54, 1.807) is 5.51 Å². The van der Waals surface area contributed by atoms with Crippen LogP contribution in [0.3, 0.4) is 0 Å². The Balaban J connectivity index is 2.65. The monoisotopic (exact) mass is 186 g/mol. The van der Waals surface area contributed by atoms with E-state index in [2.05, 4.69) is 4.98 Å². The van der Waals surface area contributed by atoms with Crippen molar-refractivity contribution in [2.75, 3.05) is 0 Å². The molecule has 0 aliphatic carbocycles. The van der Waals surface area contributed by atoms with E-state index < -0.39 is 6.10 Å². The predicted octanol–water partition coefficient (Wildman–Crippen LogP) is 1.16. The molecule has 0 amide bonds. The first-order valence-electron chi connectivity index (χ1n) is 3.94. The van der Waals surface area contributed by atoms with E-state index in [0.29, 0.717) is 5.69 Å². The second-order valence-electron chi connectivity index (χ2n) is 3.18. The average Bonchev–Trinajstić information content (AvgIpc) is 2.53. The fourth-order valence-electron chi connectivity index (χ4n) is 0.930. The van der Waals surface area contributed by atoms with Crippen molar-refractivity contribution in [1.82, 2.24) is 4.98 Å². The van der Waals surface area contributed by atoms with E-state index in [1.165, 1.54) is 11.3 Å². The van der Waals surface area contributed by atoms with Crippen LogP contribution in [-0.4, -0.2) is 16.1 Å². The summed E-state index contributed by atoms with van der Waals surface area (Å²) in [5.41, 5.74) is 8.15. The van der Waals surface area contributed by atoms with Crippen LogP contribution in [-0.2, 0) is 0 Å². The molecule has 3 N–H and O–H groups in total. The molecule has 68 valence electrons. The summed E-state index contributed by atoms with van der Waals surface area (Å²) in [4.78, 5) is 4.01. The number of hydrogen-bond donors (Lipinski definition) is 2. The molecule has 0 bridgehead atoms. The van der Waals surface area contributed by atoms with Crippen LogP contribution in [0.1, 0.15) is 25.6 Å². The molecule has 0 fully saturated rings. The van der Waals surface area contributed by atoms with Gasteiger partial charge in [-0.25, -0.2) is 4.98 Å². The zero-order valence-electron chi connectivity index (χ0n) is 7.27. The molecule has 0 spiro atoms. The Labute approximate surface area is 76.3 Å². The third kappa shape index (κ3) is 2.03. The van der Waals surface area contributed by atoms with E-state index in [0.717, 1.165) is 0 Å². The molecule has 1 heterocycles. The van der Waals surface area contributed by atoms with Gasteiger partial charge in [-0.1, -0.05) is 13.8 Å². The van der Waals surface area contributed by atoms with Crippen molar-refractivity contribution in [3.63, 3.8) is 0 Å². The van der Waals surface area contributed by atoms with Gasteiger partial charge in [-0.05, 0) is 5.92 Å². The second-order valence-corrected chi connectivity index (χ2v) is 3.90. The zero-order chi connectivity index (χ0) is 9.14. The van der Waals surface area contributed by atoms with Crippen molar-refractivity contribution >= 4 is 11.3 Å². The van der Waals surface area contributed by atoms with E-state index >= 15 is 0 Å². The molecule has 1 rings (SSSR count). The quantitative estimate of drug-likeness (QED) is 0.744. The second kappa shape index (κ2) is 3.98. The van der Waals surface area contributed by atoms with Crippen LogP contribution in [0.2, 0.25) is 0 Å². The zero-order valence-corrected chi connectivity index (χ0v) is 8.08. The first-order valence-corrected chi connectivity index (χ1v) is 4.89. The Bertz CT molecular complexity index is 223. The van der Waals surface area contributed by atoms with Gasteiger partial charge in [-0.2, -0.15) is 0 Å². The highest BCUT2D eigenvalue weighted by Gasteiger charge is 2.20. The maximum absolute atomic E-state index is 9.67. The van der Waals surface area contributed by atoms with Gasteiger partial charge in [0.15, 0.2) is 0 Å². The van der Waals surface area contributed by atoms with E-state index in [4.69, 9.17) is 5.73 Å². The smallest absolute Gasteiger partial charge is 0.112 e. The topological polar surface area (TPSA) is 59.1 Å². The number of nitrogens with zero attached hydrogens (tertiary/aromatic N) is 1. The Hall–Kier alpha value is -0.450. The molecule has 0 aliphatic rings. The maximum atomic E-state index is 9.67. The Morgan fingerprint density at radius 2 is 2.25 bits per heavy atom. The molecule has 2 atom stereocenters. The molecule has 0 saturated heterocycles. The molecular weight excluding hydrogens is 172 g/mol. The van der Waals surface area contributed by atoms with Crippen molar-refractivity contribution in [3.05, 3.63) is 16.6 Å². The molecule has 0 radical (unpaired) electrons. The van der Waals surface area contributed by atoms with Gasteiger partial charge >= 0.3 is 0 Å². The summed E-state index contributed by atoms with van der Waals surface area (Å²) in [5, 5.41) is 11.5. The van der Waals surface area contributed by atoms with Gasteiger partial charge in [0, 0.05) is 11.4 Å². The maximum Gasteiger partial charge on any atom is 0.112 e. The Morgan fingerprint density at radius 3 is 2.67 bits per heavy atom. The molecule has 3 nitrogen and oxygen atoms in total. The van der Waals surface area contributed by atoms with Crippen molar-refractivity contribution in [2.24, 2.45) is 11.7 Å². The summed E-state index contributed by atoms with van der Waals surface area (Å²) < 4.78 is 0. The number of thiazole rings is 1. The minimum atomic E-state index is -0.628. The van der Waals surface area contributed by atoms with Crippen LogP contribution >= 0.6 is 11.3 Å². The number of rotatable bonds is 3. The van der Waals surface area contributed by atoms with E-state index in [-0.39, 0.29) is 12.0 Å². The van der Waals surface area contributed by atoms with Crippen LogP contribution in [0, 0.1) is 5.92 Å². The third-order valence-corrected chi connectivity index (χ3v) is 2.49. The van der Waals surface area contributed by atoms with Crippen molar-refractivity contribution in [1.29, 1.82) is 0 Å².